The predicted octanol–water partition coefficient (Wildman–Crippen LogP) is 2.80. The van der Waals surface area contributed by atoms with Crippen LogP contribution in [0.5, 0.6) is 0 Å². The van der Waals surface area contributed by atoms with Crippen LogP contribution in [0, 0.1) is 5.41 Å². The number of carbonyl (C=O) groups excluding carboxylic acids is 1. The Morgan fingerprint density at radius 2 is 2.08 bits per heavy atom. The first kappa shape index (κ1) is 16.3. The van der Waals surface area contributed by atoms with Crippen molar-refractivity contribution in [2.45, 2.75) is 38.1 Å². The number of aromatic amines is 1. The minimum absolute atomic E-state index is 0.0927. The van der Waals surface area contributed by atoms with E-state index in [2.05, 4.69) is 52.8 Å². The molecule has 4 rings (SSSR count). The van der Waals surface area contributed by atoms with Crippen molar-refractivity contribution in [1.82, 2.24) is 20.4 Å². The molecular formula is C20H26N4O. The zero-order valence-corrected chi connectivity index (χ0v) is 14.7. The number of carbonyl (C=O) groups is 1. The van der Waals surface area contributed by atoms with E-state index in [0.717, 1.165) is 32.5 Å². The molecule has 2 fully saturated rings. The van der Waals surface area contributed by atoms with Gasteiger partial charge in [-0.15, -0.1) is 0 Å². The molecule has 2 heterocycles. The highest BCUT2D eigenvalue weighted by Crippen LogP contribution is 2.41. The van der Waals surface area contributed by atoms with Crippen molar-refractivity contribution in [1.29, 1.82) is 0 Å². The number of piperidine rings is 1. The summed E-state index contributed by atoms with van der Waals surface area (Å²) in [6, 6.07) is 11.4. The number of likely N-dealkylation sites (tertiary alicyclic amines) is 1. The highest BCUT2D eigenvalue weighted by atomic mass is 16.2. The Hall–Kier alpha value is -2.14. The SMILES string of the molecule is CC1(CN[C@@H]2C[C@H]2c2ccccc2)CCN(C(=O)c2cn[nH]c2)CC1. The highest BCUT2D eigenvalue weighted by Gasteiger charge is 2.40. The highest BCUT2D eigenvalue weighted by molar-refractivity contribution is 5.93. The van der Waals surface area contributed by atoms with Gasteiger partial charge in [-0.2, -0.15) is 5.10 Å². The van der Waals surface area contributed by atoms with Gasteiger partial charge in [0.05, 0.1) is 11.8 Å². The zero-order valence-electron chi connectivity index (χ0n) is 14.7. The molecule has 1 aliphatic carbocycles. The summed E-state index contributed by atoms with van der Waals surface area (Å²) in [5, 5.41) is 10.4. The number of hydrogen-bond acceptors (Lipinski definition) is 3. The Balaban J connectivity index is 1.25. The van der Waals surface area contributed by atoms with Gasteiger partial charge in [-0.3, -0.25) is 9.89 Å². The molecule has 1 aliphatic heterocycles. The summed E-state index contributed by atoms with van der Waals surface area (Å²) >= 11 is 0. The summed E-state index contributed by atoms with van der Waals surface area (Å²) in [5.41, 5.74) is 2.38. The van der Waals surface area contributed by atoms with E-state index in [0.29, 0.717) is 17.5 Å². The monoisotopic (exact) mass is 338 g/mol. The molecule has 1 aromatic carbocycles. The van der Waals surface area contributed by atoms with Gasteiger partial charge in [0.2, 0.25) is 0 Å². The minimum atomic E-state index is 0.0927. The molecule has 0 radical (unpaired) electrons. The van der Waals surface area contributed by atoms with Crippen LogP contribution in [0.25, 0.3) is 0 Å². The predicted molar refractivity (Wildman–Crippen MR) is 97.4 cm³/mol. The third-order valence-electron chi connectivity index (χ3n) is 5.81. The Bertz CT molecular complexity index is 705. The fourth-order valence-corrected chi connectivity index (χ4v) is 3.84. The van der Waals surface area contributed by atoms with Gasteiger partial charge >= 0.3 is 0 Å². The second-order valence-electron chi connectivity index (χ2n) is 7.83. The van der Waals surface area contributed by atoms with Gasteiger partial charge in [0.15, 0.2) is 0 Å². The van der Waals surface area contributed by atoms with Crippen LogP contribution < -0.4 is 5.32 Å². The summed E-state index contributed by atoms with van der Waals surface area (Å²) in [5.74, 6) is 0.766. The number of hydrogen-bond donors (Lipinski definition) is 2. The summed E-state index contributed by atoms with van der Waals surface area (Å²) in [7, 11) is 0. The molecule has 5 heteroatoms. The second kappa shape index (κ2) is 6.64. The van der Waals surface area contributed by atoms with Gasteiger partial charge < -0.3 is 10.2 Å². The van der Waals surface area contributed by atoms with Gasteiger partial charge in [-0.25, -0.2) is 0 Å². The van der Waals surface area contributed by atoms with E-state index < -0.39 is 0 Å². The number of rotatable bonds is 5. The summed E-state index contributed by atoms with van der Waals surface area (Å²) in [6.07, 6.45) is 6.62. The number of aromatic nitrogens is 2. The lowest BCUT2D eigenvalue weighted by molar-refractivity contribution is 0.0605. The molecule has 0 bridgehead atoms. The Morgan fingerprint density at radius 1 is 1.32 bits per heavy atom. The molecule has 2 N–H and O–H groups in total. The van der Waals surface area contributed by atoms with Crippen molar-refractivity contribution in [3.63, 3.8) is 0 Å². The van der Waals surface area contributed by atoms with E-state index in [1.807, 2.05) is 4.90 Å². The fraction of sp³-hybridized carbons (Fsp3) is 0.500. The van der Waals surface area contributed by atoms with Crippen LogP contribution in [0.2, 0.25) is 0 Å². The molecule has 5 nitrogen and oxygen atoms in total. The van der Waals surface area contributed by atoms with E-state index >= 15 is 0 Å². The van der Waals surface area contributed by atoms with E-state index in [9.17, 15) is 4.79 Å². The van der Waals surface area contributed by atoms with Gasteiger partial charge in [-0.1, -0.05) is 37.3 Å². The molecule has 2 aliphatic rings. The number of H-pyrrole nitrogens is 1. The molecule has 1 aromatic heterocycles. The lowest BCUT2D eigenvalue weighted by atomic mass is 9.80. The van der Waals surface area contributed by atoms with Crippen LogP contribution in [0.3, 0.4) is 0 Å². The third-order valence-corrected chi connectivity index (χ3v) is 5.81. The van der Waals surface area contributed by atoms with Gasteiger partial charge in [-0.05, 0) is 30.2 Å². The topological polar surface area (TPSA) is 61.0 Å². The minimum Gasteiger partial charge on any atom is -0.339 e. The van der Waals surface area contributed by atoms with Crippen LogP contribution in [-0.4, -0.2) is 46.7 Å². The van der Waals surface area contributed by atoms with Gasteiger partial charge in [0, 0.05) is 37.8 Å². The molecule has 1 saturated carbocycles. The van der Waals surface area contributed by atoms with Crippen LogP contribution in [0.15, 0.2) is 42.7 Å². The first-order valence-corrected chi connectivity index (χ1v) is 9.21. The summed E-state index contributed by atoms with van der Waals surface area (Å²) in [4.78, 5) is 14.4. The first-order valence-electron chi connectivity index (χ1n) is 9.21. The van der Waals surface area contributed by atoms with E-state index in [-0.39, 0.29) is 11.3 Å². The Morgan fingerprint density at radius 3 is 2.76 bits per heavy atom. The van der Waals surface area contributed by atoms with Crippen molar-refractivity contribution in [3.8, 4) is 0 Å². The van der Waals surface area contributed by atoms with Gasteiger partial charge in [0.25, 0.3) is 5.91 Å². The molecule has 1 saturated heterocycles. The summed E-state index contributed by atoms with van der Waals surface area (Å²) < 4.78 is 0. The molecule has 132 valence electrons. The normalized spacial score (nSPS) is 24.9. The van der Waals surface area contributed by atoms with Crippen LogP contribution in [-0.2, 0) is 0 Å². The standard InChI is InChI=1S/C20H26N4O/c1-20(14-21-18-11-17(18)15-5-3-2-4-6-15)7-9-24(10-8-20)19(25)16-12-22-23-13-16/h2-6,12-13,17-18,21H,7-11,14H2,1H3,(H,22,23)/t17-,18+/m0/s1. The summed E-state index contributed by atoms with van der Waals surface area (Å²) in [6.45, 7) is 5.04. The lowest BCUT2D eigenvalue weighted by Crippen LogP contribution is -2.46. The molecule has 0 spiro atoms. The van der Waals surface area contributed by atoms with Crippen molar-refractivity contribution in [2.75, 3.05) is 19.6 Å². The van der Waals surface area contributed by atoms with Crippen molar-refractivity contribution < 1.29 is 4.79 Å². The van der Waals surface area contributed by atoms with Crippen molar-refractivity contribution >= 4 is 5.91 Å². The quantitative estimate of drug-likeness (QED) is 0.881. The lowest BCUT2D eigenvalue weighted by Gasteiger charge is -2.39. The Kier molecular flexibility index (Phi) is 4.34. The first-order chi connectivity index (χ1) is 12.1. The Labute approximate surface area is 148 Å². The van der Waals surface area contributed by atoms with Crippen LogP contribution in [0.4, 0.5) is 0 Å². The van der Waals surface area contributed by atoms with E-state index in [1.165, 1.54) is 12.0 Å². The van der Waals surface area contributed by atoms with Crippen molar-refractivity contribution in [3.05, 3.63) is 53.9 Å². The number of nitrogens with one attached hydrogen (secondary N) is 2. The zero-order chi connectivity index (χ0) is 17.3. The molecular weight excluding hydrogens is 312 g/mol. The smallest absolute Gasteiger partial charge is 0.257 e. The largest absolute Gasteiger partial charge is 0.339 e. The van der Waals surface area contributed by atoms with Crippen LogP contribution in [0.1, 0.15) is 48.0 Å². The van der Waals surface area contributed by atoms with Crippen LogP contribution >= 0.6 is 0 Å². The molecule has 2 atom stereocenters. The molecule has 0 unspecified atom stereocenters. The second-order valence-corrected chi connectivity index (χ2v) is 7.83. The number of benzene rings is 1. The van der Waals surface area contributed by atoms with E-state index in [4.69, 9.17) is 0 Å². The maximum atomic E-state index is 12.4. The van der Waals surface area contributed by atoms with Crippen molar-refractivity contribution in [2.24, 2.45) is 5.41 Å². The van der Waals surface area contributed by atoms with E-state index in [1.54, 1.807) is 12.4 Å². The maximum absolute atomic E-state index is 12.4. The number of amides is 1. The maximum Gasteiger partial charge on any atom is 0.257 e. The number of nitrogens with zero attached hydrogens (tertiary/aromatic N) is 2. The molecule has 25 heavy (non-hydrogen) atoms. The molecule has 1 amide bonds. The average Bonchev–Trinajstić information content (AvgIpc) is 3.22. The van der Waals surface area contributed by atoms with Gasteiger partial charge in [0.1, 0.15) is 0 Å². The average molecular weight is 338 g/mol. The fourth-order valence-electron chi connectivity index (χ4n) is 3.84. The third kappa shape index (κ3) is 3.61. The molecule has 2 aromatic rings.